The van der Waals surface area contributed by atoms with E-state index in [9.17, 15) is 0 Å². The van der Waals surface area contributed by atoms with E-state index in [2.05, 4.69) is 60.2 Å². The van der Waals surface area contributed by atoms with Crippen molar-refractivity contribution in [1.82, 2.24) is 9.97 Å². The zero-order chi connectivity index (χ0) is 11.5. The number of aromatic nitrogens is 2. The standard InChI is InChI=1S/C11H8Br2N2S/c1-16-8-4-2-7(3-5-8)11-14-9(12)6-10(13)15-11/h2-6H,1H3. The Kier molecular flexibility index (Phi) is 4.00. The van der Waals surface area contributed by atoms with Crippen LogP contribution in [0.3, 0.4) is 0 Å². The van der Waals surface area contributed by atoms with Gasteiger partial charge in [0, 0.05) is 16.5 Å². The summed E-state index contributed by atoms with van der Waals surface area (Å²) in [6.07, 6.45) is 2.06. The summed E-state index contributed by atoms with van der Waals surface area (Å²) in [5, 5.41) is 0. The topological polar surface area (TPSA) is 25.8 Å². The lowest BCUT2D eigenvalue weighted by atomic mass is 10.2. The lowest BCUT2D eigenvalue weighted by Crippen LogP contribution is -1.90. The highest BCUT2D eigenvalue weighted by Gasteiger charge is 2.04. The Morgan fingerprint density at radius 1 is 1.00 bits per heavy atom. The van der Waals surface area contributed by atoms with Gasteiger partial charge in [-0.05, 0) is 50.2 Å². The third kappa shape index (κ3) is 2.84. The molecule has 2 aromatic rings. The van der Waals surface area contributed by atoms with E-state index in [0.29, 0.717) is 5.82 Å². The fourth-order valence-corrected chi connectivity index (χ4v) is 2.74. The second-order valence-corrected chi connectivity index (χ2v) is 5.57. The van der Waals surface area contributed by atoms with Gasteiger partial charge in [-0.15, -0.1) is 11.8 Å². The molecule has 1 aromatic heterocycles. The number of benzene rings is 1. The minimum absolute atomic E-state index is 0.717. The minimum Gasteiger partial charge on any atom is -0.221 e. The second kappa shape index (κ2) is 5.29. The predicted molar refractivity (Wildman–Crippen MR) is 74.6 cm³/mol. The molecule has 0 aliphatic heterocycles. The maximum atomic E-state index is 4.33. The van der Waals surface area contributed by atoms with Crippen molar-refractivity contribution in [1.29, 1.82) is 0 Å². The summed E-state index contributed by atoms with van der Waals surface area (Å²) in [5.74, 6) is 0.717. The van der Waals surface area contributed by atoms with Crippen molar-refractivity contribution in [2.75, 3.05) is 6.26 Å². The summed E-state index contributed by atoms with van der Waals surface area (Å²) >= 11 is 8.43. The first-order chi connectivity index (χ1) is 7.69. The van der Waals surface area contributed by atoms with Crippen molar-refractivity contribution in [2.45, 2.75) is 4.90 Å². The summed E-state index contributed by atoms with van der Waals surface area (Å²) in [5.41, 5.74) is 1.01. The fourth-order valence-electron chi connectivity index (χ4n) is 1.26. The average molecular weight is 360 g/mol. The molecule has 82 valence electrons. The first-order valence-corrected chi connectivity index (χ1v) is 7.34. The molecule has 2 nitrogen and oxygen atoms in total. The zero-order valence-corrected chi connectivity index (χ0v) is 12.4. The lowest BCUT2D eigenvalue weighted by molar-refractivity contribution is 1.12. The van der Waals surface area contributed by atoms with Crippen LogP contribution in [0.5, 0.6) is 0 Å². The minimum atomic E-state index is 0.717. The zero-order valence-electron chi connectivity index (χ0n) is 8.45. The first kappa shape index (κ1) is 12.1. The largest absolute Gasteiger partial charge is 0.221 e. The van der Waals surface area contributed by atoms with Crippen LogP contribution in [0.2, 0.25) is 0 Å². The Bertz CT molecular complexity index is 480. The van der Waals surface area contributed by atoms with Gasteiger partial charge in [0.2, 0.25) is 0 Å². The van der Waals surface area contributed by atoms with Crippen molar-refractivity contribution in [2.24, 2.45) is 0 Å². The van der Waals surface area contributed by atoms with E-state index in [1.807, 2.05) is 18.2 Å². The van der Waals surface area contributed by atoms with Crippen molar-refractivity contribution in [3.05, 3.63) is 39.5 Å². The Hall–Kier alpha value is -0.390. The lowest BCUT2D eigenvalue weighted by Gasteiger charge is -2.02. The first-order valence-electron chi connectivity index (χ1n) is 4.53. The monoisotopic (exact) mass is 358 g/mol. The average Bonchev–Trinajstić information content (AvgIpc) is 2.28. The summed E-state index contributed by atoms with van der Waals surface area (Å²) in [6.45, 7) is 0. The molecule has 16 heavy (non-hydrogen) atoms. The molecule has 0 aliphatic rings. The van der Waals surface area contributed by atoms with Gasteiger partial charge in [0.1, 0.15) is 9.21 Å². The summed E-state index contributed by atoms with van der Waals surface area (Å²) in [6, 6.07) is 10.0. The molecule has 0 bridgehead atoms. The molecule has 0 N–H and O–H groups in total. The molecule has 0 unspecified atom stereocenters. The summed E-state index contributed by atoms with van der Waals surface area (Å²) in [7, 11) is 0. The highest BCUT2D eigenvalue weighted by Crippen LogP contribution is 2.23. The van der Waals surface area contributed by atoms with E-state index in [1.165, 1.54) is 4.90 Å². The van der Waals surface area contributed by atoms with Crippen LogP contribution >= 0.6 is 43.6 Å². The molecule has 0 amide bonds. The number of thioether (sulfide) groups is 1. The number of rotatable bonds is 2. The smallest absolute Gasteiger partial charge is 0.161 e. The summed E-state index contributed by atoms with van der Waals surface area (Å²) in [4.78, 5) is 9.89. The molecule has 0 fully saturated rings. The molecule has 0 radical (unpaired) electrons. The van der Waals surface area contributed by atoms with E-state index >= 15 is 0 Å². The third-order valence-corrected chi connectivity index (χ3v) is 3.57. The van der Waals surface area contributed by atoms with Gasteiger partial charge in [-0.25, -0.2) is 9.97 Å². The molecular formula is C11H8Br2N2S. The number of nitrogens with zero attached hydrogens (tertiary/aromatic N) is 2. The van der Waals surface area contributed by atoms with Crippen LogP contribution < -0.4 is 0 Å². The maximum absolute atomic E-state index is 4.33. The number of hydrogen-bond acceptors (Lipinski definition) is 3. The quantitative estimate of drug-likeness (QED) is 0.587. The Morgan fingerprint density at radius 2 is 1.56 bits per heavy atom. The van der Waals surface area contributed by atoms with E-state index < -0.39 is 0 Å². The van der Waals surface area contributed by atoms with Crippen LogP contribution in [0.1, 0.15) is 0 Å². The van der Waals surface area contributed by atoms with Gasteiger partial charge < -0.3 is 0 Å². The van der Waals surface area contributed by atoms with Crippen LogP contribution in [0.4, 0.5) is 0 Å². The van der Waals surface area contributed by atoms with Gasteiger partial charge in [-0.3, -0.25) is 0 Å². The van der Waals surface area contributed by atoms with Crippen molar-refractivity contribution in [3.63, 3.8) is 0 Å². The van der Waals surface area contributed by atoms with Gasteiger partial charge in [-0.2, -0.15) is 0 Å². The molecule has 1 heterocycles. The van der Waals surface area contributed by atoms with Crippen molar-refractivity contribution >= 4 is 43.6 Å². The molecule has 0 spiro atoms. The van der Waals surface area contributed by atoms with Crippen LogP contribution in [0.25, 0.3) is 11.4 Å². The normalized spacial score (nSPS) is 10.4. The summed E-state index contributed by atoms with van der Waals surface area (Å²) < 4.78 is 1.55. The van der Waals surface area contributed by atoms with E-state index in [1.54, 1.807) is 11.8 Å². The Morgan fingerprint density at radius 3 is 2.06 bits per heavy atom. The van der Waals surface area contributed by atoms with E-state index in [0.717, 1.165) is 14.8 Å². The van der Waals surface area contributed by atoms with Gasteiger partial charge in [-0.1, -0.05) is 12.1 Å². The number of halogens is 2. The van der Waals surface area contributed by atoms with Crippen LogP contribution in [-0.4, -0.2) is 16.2 Å². The molecule has 0 aliphatic carbocycles. The van der Waals surface area contributed by atoms with Gasteiger partial charge in [0.25, 0.3) is 0 Å². The molecule has 1 aromatic carbocycles. The van der Waals surface area contributed by atoms with Gasteiger partial charge in [0.05, 0.1) is 0 Å². The number of hydrogen-bond donors (Lipinski definition) is 0. The molecule has 0 saturated heterocycles. The highest BCUT2D eigenvalue weighted by atomic mass is 79.9. The van der Waals surface area contributed by atoms with Crippen LogP contribution in [0, 0.1) is 0 Å². The molecular weight excluding hydrogens is 352 g/mol. The van der Waals surface area contributed by atoms with Crippen molar-refractivity contribution in [3.8, 4) is 11.4 Å². The van der Waals surface area contributed by atoms with E-state index in [4.69, 9.17) is 0 Å². The third-order valence-electron chi connectivity index (χ3n) is 2.01. The SMILES string of the molecule is CSc1ccc(-c2nc(Br)cc(Br)n2)cc1. The van der Waals surface area contributed by atoms with Gasteiger partial charge >= 0.3 is 0 Å². The highest BCUT2D eigenvalue weighted by molar-refractivity contribution is 9.11. The predicted octanol–water partition coefficient (Wildman–Crippen LogP) is 4.39. The Labute approximate surface area is 115 Å². The Balaban J connectivity index is 2.42. The van der Waals surface area contributed by atoms with Crippen molar-refractivity contribution < 1.29 is 0 Å². The molecule has 0 atom stereocenters. The molecule has 2 rings (SSSR count). The molecule has 0 saturated carbocycles. The van der Waals surface area contributed by atoms with E-state index in [-0.39, 0.29) is 0 Å². The van der Waals surface area contributed by atoms with Crippen LogP contribution in [-0.2, 0) is 0 Å². The van der Waals surface area contributed by atoms with Crippen LogP contribution in [0.15, 0.2) is 44.4 Å². The van der Waals surface area contributed by atoms with Gasteiger partial charge in [0.15, 0.2) is 5.82 Å². The second-order valence-electron chi connectivity index (χ2n) is 3.07. The maximum Gasteiger partial charge on any atom is 0.161 e. The molecule has 5 heteroatoms. The fraction of sp³-hybridized carbons (Fsp3) is 0.0909.